The van der Waals surface area contributed by atoms with Crippen LogP contribution in [0.1, 0.15) is 22.8 Å². The molecule has 0 radical (unpaired) electrons. The van der Waals surface area contributed by atoms with Gasteiger partial charge in [-0.3, -0.25) is 9.59 Å². The maximum atomic E-state index is 12.7. The van der Waals surface area contributed by atoms with Crippen LogP contribution >= 0.6 is 15.9 Å². The highest BCUT2D eigenvalue weighted by molar-refractivity contribution is 9.10. The minimum Gasteiger partial charge on any atom is -0.465 e. The maximum Gasteiger partial charge on any atom is 0.317 e. The Morgan fingerprint density at radius 2 is 1.68 bits per heavy atom. The fourth-order valence-corrected chi connectivity index (χ4v) is 2.46. The fourth-order valence-electron chi connectivity index (χ4n) is 2.19. The van der Waals surface area contributed by atoms with E-state index >= 15 is 0 Å². The molecule has 1 unspecified atom stereocenters. The minimum absolute atomic E-state index is 0.213. The van der Waals surface area contributed by atoms with Gasteiger partial charge >= 0.3 is 5.97 Å². The number of ether oxygens (including phenoxy) is 1. The Morgan fingerprint density at radius 3 is 2.27 bits per heavy atom. The second-order valence-electron chi connectivity index (χ2n) is 4.87. The molecule has 0 amide bonds. The third-order valence-electron chi connectivity index (χ3n) is 3.30. The van der Waals surface area contributed by atoms with Gasteiger partial charge in [-0.1, -0.05) is 58.4 Å². The third-order valence-corrected chi connectivity index (χ3v) is 3.83. The largest absolute Gasteiger partial charge is 0.465 e. The van der Waals surface area contributed by atoms with Crippen LogP contribution in [0.5, 0.6) is 0 Å². The van der Waals surface area contributed by atoms with Gasteiger partial charge in [0, 0.05) is 10.0 Å². The summed E-state index contributed by atoms with van der Waals surface area (Å²) in [6.45, 7) is 2.00. The lowest BCUT2D eigenvalue weighted by atomic mass is 9.91. The topological polar surface area (TPSA) is 43.4 Å². The average Bonchev–Trinajstić information content (AvgIpc) is 2.54. The number of Topliss-reactive ketones (excluding diaryl/α,β-unsaturated/α-hetero) is 1. The molecule has 22 heavy (non-hydrogen) atoms. The van der Waals surface area contributed by atoms with Crippen LogP contribution in [0.25, 0.3) is 0 Å². The fraction of sp³-hybridized carbons (Fsp3) is 0.222. The number of esters is 1. The number of benzene rings is 2. The van der Waals surface area contributed by atoms with Gasteiger partial charge in [-0.2, -0.15) is 0 Å². The third kappa shape index (κ3) is 4.28. The molecule has 2 aromatic rings. The first-order valence-corrected chi connectivity index (χ1v) is 7.91. The summed E-state index contributed by atoms with van der Waals surface area (Å²) in [6.07, 6.45) is 0.342. The van der Waals surface area contributed by atoms with E-state index < -0.39 is 11.9 Å². The minimum atomic E-state index is -0.816. The monoisotopic (exact) mass is 360 g/mol. The number of hydrogen-bond acceptors (Lipinski definition) is 3. The van der Waals surface area contributed by atoms with Gasteiger partial charge in [0.05, 0.1) is 6.61 Å². The number of halogens is 1. The Bertz CT molecular complexity index is 635. The van der Waals surface area contributed by atoms with Gasteiger partial charge in [-0.05, 0) is 31.0 Å². The molecule has 0 aromatic heterocycles. The molecule has 0 N–H and O–H groups in total. The number of hydrogen-bond donors (Lipinski definition) is 0. The van der Waals surface area contributed by atoms with Crippen molar-refractivity contribution in [3.8, 4) is 0 Å². The van der Waals surface area contributed by atoms with Crippen molar-refractivity contribution in [3.63, 3.8) is 0 Å². The zero-order valence-electron chi connectivity index (χ0n) is 12.3. The molecular weight excluding hydrogens is 344 g/mol. The first kappa shape index (κ1) is 16.4. The summed E-state index contributed by atoms with van der Waals surface area (Å²) < 4.78 is 5.96. The summed E-state index contributed by atoms with van der Waals surface area (Å²) >= 11 is 3.34. The Hall–Kier alpha value is -1.94. The Balaban J connectivity index is 2.25. The first-order valence-electron chi connectivity index (χ1n) is 7.12. The molecule has 0 heterocycles. The zero-order chi connectivity index (χ0) is 15.9. The van der Waals surface area contributed by atoms with Crippen LogP contribution in [0.4, 0.5) is 0 Å². The van der Waals surface area contributed by atoms with Crippen LogP contribution in [-0.2, 0) is 16.0 Å². The van der Waals surface area contributed by atoms with Gasteiger partial charge in [0.15, 0.2) is 5.78 Å². The SMILES string of the molecule is CCOC(=O)C(Cc1ccccc1)C(=O)c1ccc(Br)cc1. The van der Waals surface area contributed by atoms with E-state index in [1.807, 2.05) is 30.3 Å². The number of ketones is 1. The summed E-state index contributed by atoms with van der Waals surface area (Å²) in [5.74, 6) is -1.50. The van der Waals surface area contributed by atoms with Crippen molar-refractivity contribution in [2.45, 2.75) is 13.3 Å². The van der Waals surface area contributed by atoms with Crippen LogP contribution in [0.2, 0.25) is 0 Å². The van der Waals surface area contributed by atoms with Gasteiger partial charge in [0.25, 0.3) is 0 Å². The second kappa shape index (κ2) is 7.90. The van der Waals surface area contributed by atoms with E-state index in [1.165, 1.54) is 0 Å². The van der Waals surface area contributed by atoms with Crippen molar-refractivity contribution in [2.75, 3.05) is 6.61 Å². The van der Waals surface area contributed by atoms with Gasteiger partial charge in [0.1, 0.15) is 5.92 Å². The first-order chi connectivity index (χ1) is 10.6. The number of carbonyl (C=O) groups excluding carboxylic acids is 2. The molecule has 3 nitrogen and oxygen atoms in total. The number of carbonyl (C=O) groups is 2. The molecule has 0 saturated heterocycles. The summed E-state index contributed by atoms with van der Waals surface area (Å²) in [5, 5.41) is 0. The van der Waals surface area contributed by atoms with Crippen molar-refractivity contribution in [3.05, 3.63) is 70.2 Å². The molecule has 2 rings (SSSR count). The predicted octanol–water partition coefficient (Wildman–Crippen LogP) is 4.05. The lowest BCUT2D eigenvalue weighted by Crippen LogP contribution is -2.28. The van der Waals surface area contributed by atoms with Gasteiger partial charge < -0.3 is 4.74 Å². The second-order valence-corrected chi connectivity index (χ2v) is 5.78. The average molecular weight is 361 g/mol. The highest BCUT2D eigenvalue weighted by Gasteiger charge is 2.29. The normalized spacial score (nSPS) is 11.7. The lowest BCUT2D eigenvalue weighted by Gasteiger charge is -2.15. The van der Waals surface area contributed by atoms with Crippen molar-refractivity contribution >= 4 is 27.7 Å². The van der Waals surface area contributed by atoms with E-state index in [9.17, 15) is 9.59 Å². The van der Waals surface area contributed by atoms with Gasteiger partial charge in [-0.15, -0.1) is 0 Å². The molecule has 0 aliphatic heterocycles. The van der Waals surface area contributed by atoms with E-state index in [4.69, 9.17) is 4.74 Å². The molecule has 114 valence electrons. The van der Waals surface area contributed by atoms with E-state index in [1.54, 1.807) is 31.2 Å². The van der Waals surface area contributed by atoms with Crippen LogP contribution in [-0.4, -0.2) is 18.4 Å². The van der Waals surface area contributed by atoms with E-state index in [2.05, 4.69) is 15.9 Å². The molecule has 0 spiro atoms. The van der Waals surface area contributed by atoms with E-state index in [0.717, 1.165) is 10.0 Å². The van der Waals surface area contributed by atoms with Crippen LogP contribution in [0.15, 0.2) is 59.1 Å². The highest BCUT2D eigenvalue weighted by atomic mass is 79.9. The number of rotatable bonds is 6. The van der Waals surface area contributed by atoms with E-state index in [0.29, 0.717) is 12.0 Å². The smallest absolute Gasteiger partial charge is 0.317 e. The summed E-state index contributed by atoms with van der Waals surface area (Å²) in [6, 6.07) is 16.5. The molecular formula is C18H17BrO3. The molecule has 2 aromatic carbocycles. The van der Waals surface area contributed by atoms with Gasteiger partial charge in [0.2, 0.25) is 0 Å². The Labute approximate surface area is 138 Å². The van der Waals surface area contributed by atoms with Crippen molar-refractivity contribution in [1.29, 1.82) is 0 Å². The van der Waals surface area contributed by atoms with Gasteiger partial charge in [-0.25, -0.2) is 0 Å². The zero-order valence-corrected chi connectivity index (χ0v) is 13.9. The molecule has 0 aliphatic rings. The Morgan fingerprint density at radius 1 is 1.05 bits per heavy atom. The standard InChI is InChI=1S/C18H17BrO3/c1-2-22-18(21)16(12-13-6-4-3-5-7-13)17(20)14-8-10-15(19)11-9-14/h3-11,16H,2,12H2,1H3. The highest BCUT2D eigenvalue weighted by Crippen LogP contribution is 2.19. The van der Waals surface area contributed by atoms with Crippen LogP contribution in [0.3, 0.4) is 0 Å². The molecule has 0 fully saturated rings. The maximum absolute atomic E-state index is 12.7. The summed E-state index contributed by atoms with van der Waals surface area (Å²) in [4.78, 5) is 24.8. The Kier molecular flexibility index (Phi) is 5.90. The summed E-state index contributed by atoms with van der Waals surface area (Å²) in [5.41, 5.74) is 1.45. The molecule has 0 saturated carbocycles. The molecule has 0 bridgehead atoms. The molecule has 1 atom stereocenters. The summed E-state index contributed by atoms with van der Waals surface area (Å²) in [7, 11) is 0. The van der Waals surface area contributed by atoms with Crippen molar-refractivity contribution in [2.24, 2.45) is 5.92 Å². The van der Waals surface area contributed by atoms with Crippen LogP contribution in [0, 0.1) is 5.92 Å². The van der Waals surface area contributed by atoms with Crippen LogP contribution < -0.4 is 0 Å². The molecule has 4 heteroatoms. The van der Waals surface area contributed by atoms with Crippen molar-refractivity contribution in [1.82, 2.24) is 0 Å². The quantitative estimate of drug-likeness (QED) is 0.443. The van der Waals surface area contributed by atoms with Crippen molar-refractivity contribution < 1.29 is 14.3 Å². The predicted molar refractivity (Wildman–Crippen MR) is 88.7 cm³/mol. The van der Waals surface area contributed by atoms with E-state index in [-0.39, 0.29) is 12.4 Å². The molecule has 0 aliphatic carbocycles. The lowest BCUT2D eigenvalue weighted by molar-refractivity contribution is -0.146.